The van der Waals surface area contributed by atoms with Crippen LogP contribution in [0.25, 0.3) is 0 Å². The summed E-state index contributed by atoms with van der Waals surface area (Å²) in [7, 11) is 0. The SMILES string of the molecule is O=C(OC1C(O)OC[C@@H]1OC(=O)c1ccccc1)c1ccccc1. The first kappa shape index (κ1) is 16.2. The van der Waals surface area contributed by atoms with Crippen LogP contribution in [0.3, 0.4) is 0 Å². The standard InChI is InChI=1S/C18H16O6/c19-16(12-7-3-1-4-8-12)23-14-11-22-18(21)15(14)24-17(20)13-9-5-2-6-10-13/h1-10,14-15,18,21H,11H2/t14-,15?,18?/m0/s1. The molecule has 3 atom stereocenters. The van der Waals surface area contributed by atoms with Gasteiger partial charge in [0.1, 0.15) is 0 Å². The number of benzene rings is 2. The summed E-state index contributed by atoms with van der Waals surface area (Å²) in [6, 6.07) is 16.8. The molecule has 1 aliphatic rings. The van der Waals surface area contributed by atoms with E-state index in [4.69, 9.17) is 14.2 Å². The minimum atomic E-state index is -1.34. The van der Waals surface area contributed by atoms with E-state index in [1.165, 1.54) is 0 Å². The topological polar surface area (TPSA) is 82.1 Å². The number of ether oxygens (including phenoxy) is 3. The molecule has 2 aromatic carbocycles. The summed E-state index contributed by atoms with van der Waals surface area (Å²) in [6.07, 6.45) is -3.29. The Hall–Kier alpha value is -2.70. The predicted octanol–water partition coefficient (Wildman–Crippen LogP) is 1.79. The highest BCUT2D eigenvalue weighted by atomic mass is 16.7. The van der Waals surface area contributed by atoms with E-state index in [9.17, 15) is 14.7 Å². The highest BCUT2D eigenvalue weighted by molar-refractivity contribution is 5.90. The first-order chi connectivity index (χ1) is 11.6. The van der Waals surface area contributed by atoms with Crippen molar-refractivity contribution in [2.45, 2.75) is 18.5 Å². The maximum atomic E-state index is 12.1. The third-order valence-electron chi connectivity index (χ3n) is 3.60. The molecule has 0 aromatic heterocycles. The number of aliphatic hydroxyl groups is 1. The Morgan fingerprint density at radius 3 is 1.92 bits per heavy atom. The molecule has 124 valence electrons. The van der Waals surface area contributed by atoms with Gasteiger partial charge in [-0.3, -0.25) is 0 Å². The molecule has 0 amide bonds. The van der Waals surface area contributed by atoms with Crippen LogP contribution in [0.15, 0.2) is 60.7 Å². The quantitative estimate of drug-likeness (QED) is 0.862. The molecule has 1 heterocycles. The van der Waals surface area contributed by atoms with E-state index in [-0.39, 0.29) is 6.61 Å². The molecule has 0 spiro atoms. The third kappa shape index (κ3) is 3.61. The molecule has 2 unspecified atom stereocenters. The average Bonchev–Trinajstić information content (AvgIpc) is 2.96. The van der Waals surface area contributed by atoms with E-state index in [2.05, 4.69) is 0 Å². The normalized spacial score (nSPS) is 22.8. The monoisotopic (exact) mass is 328 g/mol. The van der Waals surface area contributed by atoms with E-state index < -0.39 is 30.4 Å². The molecule has 6 nitrogen and oxygen atoms in total. The number of hydrogen-bond acceptors (Lipinski definition) is 6. The molecule has 0 aliphatic carbocycles. The molecule has 1 fully saturated rings. The summed E-state index contributed by atoms with van der Waals surface area (Å²) >= 11 is 0. The molecule has 3 rings (SSSR count). The van der Waals surface area contributed by atoms with Crippen LogP contribution in [0.1, 0.15) is 20.7 Å². The van der Waals surface area contributed by atoms with Crippen molar-refractivity contribution in [1.82, 2.24) is 0 Å². The van der Waals surface area contributed by atoms with Gasteiger partial charge in [-0.1, -0.05) is 36.4 Å². The van der Waals surface area contributed by atoms with Crippen LogP contribution < -0.4 is 0 Å². The highest BCUT2D eigenvalue weighted by Gasteiger charge is 2.42. The zero-order valence-corrected chi connectivity index (χ0v) is 12.7. The Balaban J connectivity index is 1.67. The molecule has 0 bridgehead atoms. The van der Waals surface area contributed by atoms with E-state index in [1.807, 2.05) is 0 Å². The summed E-state index contributed by atoms with van der Waals surface area (Å²) in [4.78, 5) is 24.2. The van der Waals surface area contributed by atoms with Crippen LogP contribution in [0.5, 0.6) is 0 Å². The molecule has 24 heavy (non-hydrogen) atoms. The lowest BCUT2D eigenvalue weighted by Crippen LogP contribution is -2.38. The Labute approximate surface area is 138 Å². The molecule has 0 saturated carbocycles. The van der Waals surface area contributed by atoms with Gasteiger partial charge < -0.3 is 19.3 Å². The van der Waals surface area contributed by atoms with Crippen LogP contribution >= 0.6 is 0 Å². The van der Waals surface area contributed by atoms with Crippen LogP contribution in [-0.2, 0) is 14.2 Å². The number of aliphatic hydroxyl groups excluding tert-OH is 1. The average molecular weight is 328 g/mol. The fraction of sp³-hybridized carbons (Fsp3) is 0.222. The van der Waals surface area contributed by atoms with Crippen LogP contribution in [0.4, 0.5) is 0 Å². The van der Waals surface area contributed by atoms with Crippen molar-refractivity contribution in [3.05, 3.63) is 71.8 Å². The van der Waals surface area contributed by atoms with E-state index in [1.54, 1.807) is 60.7 Å². The first-order valence-corrected chi connectivity index (χ1v) is 7.47. The van der Waals surface area contributed by atoms with E-state index in [0.717, 1.165) is 0 Å². The van der Waals surface area contributed by atoms with Gasteiger partial charge in [-0.05, 0) is 24.3 Å². The minimum absolute atomic E-state index is 0.0491. The second-order valence-electron chi connectivity index (χ2n) is 5.27. The van der Waals surface area contributed by atoms with E-state index in [0.29, 0.717) is 11.1 Å². The second kappa shape index (κ2) is 7.25. The molecule has 6 heteroatoms. The van der Waals surface area contributed by atoms with Crippen molar-refractivity contribution in [3.63, 3.8) is 0 Å². The van der Waals surface area contributed by atoms with Crippen LogP contribution in [0.2, 0.25) is 0 Å². The molecule has 1 saturated heterocycles. The van der Waals surface area contributed by atoms with Crippen molar-refractivity contribution in [3.8, 4) is 0 Å². The number of hydrogen-bond donors (Lipinski definition) is 1. The number of carbonyl (C=O) groups excluding carboxylic acids is 2. The first-order valence-electron chi connectivity index (χ1n) is 7.47. The van der Waals surface area contributed by atoms with Crippen molar-refractivity contribution in [1.29, 1.82) is 0 Å². The van der Waals surface area contributed by atoms with Crippen LogP contribution in [-0.4, -0.2) is 42.1 Å². The lowest BCUT2D eigenvalue weighted by molar-refractivity contribution is -0.117. The number of rotatable bonds is 4. The fourth-order valence-electron chi connectivity index (χ4n) is 2.35. The second-order valence-corrected chi connectivity index (χ2v) is 5.27. The van der Waals surface area contributed by atoms with Crippen molar-refractivity contribution in [2.24, 2.45) is 0 Å². The van der Waals surface area contributed by atoms with Crippen molar-refractivity contribution in [2.75, 3.05) is 6.61 Å². The molecule has 1 aliphatic heterocycles. The number of esters is 2. The molecule has 1 N–H and O–H groups in total. The van der Waals surface area contributed by atoms with Gasteiger partial charge >= 0.3 is 11.9 Å². The van der Waals surface area contributed by atoms with Gasteiger partial charge in [0.25, 0.3) is 0 Å². The predicted molar refractivity (Wildman–Crippen MR) is 83.2 cm³/mol. The highest BCUT2D eigenvalue weighted by Crippen LogP contribution is 2.21. The Kier molecular flexibility index (Phi) is 4.88. The van der Waals surface area contributed by atoms with Crippen LogP contribution in [0, 0.1) is 0 Å². The Bertz CT molecular complexity index is 700. The van der Waals surface area contributed by atoms with Gasteiger partial charge in [0.15, 0.2) is 18.5 Å². The smallest absolute Gasteiger partial charge is 0.338 e. The van der Waals surface area contributed by atoms with Crippen molar-refractivity contribution >= 4 is 11.9 Å². The fourth-order valence-corrected chi connectivity index (χ4v) is 2.35. The van der Waals surface area contributed by atoms with Gasteiger partial charge in [0.05, 0.1) is 17.7 Å². The molecular formula is C18H16O6. The minimum Gasteiger partial charge on any atom is -0.452 e. The maximum absolute atomic E-state index is 12.1. The molecular weight excluding hydrogens is 312 g/mol. The summed E-state index contributed by atoms with van der Waals surface area (Å²) in [5.74, 6) is -1.19. The Morgan fingerprint density at radius 2 is 1.38 bits per heavy atom. The van der Waals surface area contributed by atoms with Gasteiger partial charge in [-0.25, -0.2) is 9.59 Å². The summed E-state index contributed by atoms with van der Waals surface area (Å²) < 4.78 is 15.6. The zero-order valence-electron chi connectivity index (χ0n) is 12.7. The summed E-state index contributed by atoms with van der Waals surface area (Å²) in [5.41, 5.74) is 0.705. The van der Waals surface area contributed by atoms with Crippen molar-refractivity contribution < 1.29 is 28.9 Å². The summed E-state index contributed by atoms with van der Waals surface area (Å²) in [5, 5.41) is 9.85. The number of carbonyl (C=O) groups is 2. The largest absolute Gasteiger partial charge is 0.452 e. The van der Waals surface area contributed by atoms with E-state index >= 15 is 0 Å². The zero-order chi connectivity index (χ0) is 16.9. The van der Waals surface area contributed by atoms with Gasteiger partial charge in [0, 0.05) is 0 Å². The van der Waals surface area contributed by atoms with Gasteiger partial charge in [-0.2, -0.15) is 0 Å². The lowest BCUT2D eigenvalue weighted by Gasteiger charge is -2.20. The molecule has 2 aromatic rings. The third-order valence-corrected chi connectivity index (χ3v) is 3.60. The summed E-state index contributed by atoms with van der Waals surface area (Å²) in [6.45, 7) is -0.0491. The van der Waals surface area contributed by atoms with Gasteiger partial charge in [0.2, 0.25) is 0 Å². The lowest BCUT2D eigenvalue weighted by atomic mass is 10.2. The van der Waals surface area contributed by atoms with Gasteiger partial charge in [-0.15, -0.1) is 0 Å². The maximum Gasteiger partial charge on any atom is 0.338 e. The Morgan fingerprint density at radius 1 is 0.875 bits per heavy atom. The molecule has 0 radical (unpaired) electrons.